The number of carboxylic acid groups (broad SMARTS) is 1. The SMILES string of the molecule is CC#CCNC(=O)NC(=O)CCCCC(=O)O. The standard InChI is InChI=1S/C11H16N2O4/c1-2-3-8-12-11(17)13-9(14)6-4-5-7-10(15)16/h4-8H2,1H3,(H,15,16)(H2,12,13,14,17). The Bertz CT molecular complexity index is 341. The summed E-state index contributed by atoms with van der Waals surface area (Å²) in [7, 11) is 0. The van der Waals surface area contributed by atoms with E-state index in [1.807, 2.05) is 0 Å². The van der Waals surface area contributed by atoms with Crippen LogP contribution in [-0.4, -0.2) is 29.6 Å². The van der Waals surface area contributed by atoms with E-state index in [9.17, 15) is 14.4 Å². The molecule has 0 aromatic rings. The summed E-state index contributed by atoms with van der Waals surface area (Å²) in [5, 5.41) is 12.9. The molecule has 0 unspecified atom stereocenters. The number of imide groups is 1. The van der Waals surface area contributed by atoms with Crippen molar-refractivity contribution in [2.75, 3.05) is 6.54 Å². The van der Waals surface area contributed by atoms with Crippen LogP contribution in [-0.2, 0) is 9.59 Å². The molecule has 0 aliphatic heterocycles. The molecule has 0 aliphatic rings. The minimum Gasteiger partial charge on any atom is -0.481 e. The predicted octanol–water partition coefficient (Wildman–Crippen LogP) is 0.480. The van der Waals surface area contributed by atoms with E-state index < -0.39 is 17.9 Å². The molecule has 0 saturated carbocycles. The second kappa shape index (κ2) is 9.21. The molecule has 0 spiro atoms. The van der Waals surface area contributed by atoms with Gasteiger partial charge in [0.1, 0.15) is 0 Å². The molecule has 3 N–H and O–H groups in total. The highest BCUT2D eigenvalue weighted by molar-refractivity contribution is 5.94. The summed E-state index contributed by atoms with van der Waals surface area (Å²) in [5.41, 5.74) is 0. The Morgan fingerprint density at radius 2 is 1.82 bits per heavy atom. The van der Waals surface area contributed by atoms with Crippen molar-refractivity contribution in [1.82, 2.24) is 10.6 Å². The second-order valence-electron chi connectivity index (χ2n) is 3.26. The average Bonchev–Trinajstić information content (AvgIpc) is 2.24. The van der Waals surface area contributed by atoms with Crippen LogP contribution in [0.3, 0.4) is 0 Å². The number of carbonyl (C=O) groups excluding carboxylic acids is 2. The summed E-state index contributed by atoms with van der Waals surface area (Å²) in [5.74, 6) is 3.91. The van der Waals surface area contributed by atoms with Gasteiger partial charge in [-0.05, 0) is 19.8 Å². The first kappa shape index (κ1) is 15.0. The predicted molar refractivity (Wildman–Crippen MR) is 61.1 cm³/mol. The molecule has 6 nitrogen and oxygen atoms in total. The van der Waals surface area contributed by atoms with E-state index in [0.29, 0.717) is 12.8 Å². The number of nitrogens with one attached hydrogen (secondary N) is 2. The van der Waals surface area contributed by atoms with Crippen LogP contribution in [0.2, 0.25) is 0 Å². The number of unbranched alkanes of at least 4 members (excludes halogenated alkanes) is 1. The number of carbonyl (C=O) groups is 3. The van der Waals surface area contributed by atoms with E-state index in [2.05, 4.69) is 22.5 Å². The van der Waals surface area contributed by atoms with Crippen LogP contribution in [0.25, 0.3) is 0 Å². The molecule has 0 aromatic carbocycles. The van der Waals surface area contributed by atoms with Crippen LogP contribution in [0.1, 0.15) is 32.6 Å². The highest BCUT2D eigenvalue weighted by Gasteiger charge is 2.06. The van der Waals surface area contributed by atoms with E-state index in [1.165, 1.54) is 0 Å². The molecule has 0 atom stereocenters. The van der Waals surface area contributed by atoms with Crippen molar-refractivity contribution in [3.8, 4) is 11.8 Å². The Kier molecular flexibility index (Phi) is 8.11. The van der Waals surface area contributed by atoms with E-state index in [0.717, 1.165) is 0 Å². The van der Waals surface area contributed by atoms with E-state index in [-0.39, 0.29) is 19.4 Å². The fourth-order valence-corrected chi connectivity index (χ4v) is 1.01. The molecule has 0 radical (unpaired) electrons. The number of carboxylic acids is 1. The Morgan fingerprint density at radius 1 is 1.18 bits per heavy atom. The van der Waals surface area contributed by atoms with Gasteiger partial charge in [0, 0.05) is 12.8 Å². The van der Waals surface area contributed by atoms with Crippen molar-refractivity contribution in [2.45, 2.75) is 32.6 Å². The summed E-state index contributed by atoms with van der Waals surface area (Å²) >= 11 is 0. The number of hydrogen-bond acceptors (Lipinski definition) is 3. The highest BCUT2D eigenvalue weighted by atomic mass is 16.4. The first-order valence-corrected chi connectivity index (χ1v) is 5.25. The first-order valence-electron chi connectivity index (χ1n) is 5.25. The van der Waals surface area contributed by atoms with Crippen LogP contribution < -0.4 is 10.6 Å². The Hall–Kier alpha value is -2.03. The summed E-state index contributed by atoms with van der Waals surface area (Å²) in [4.78, 5) is 32.4. The summed E-state index contributed by atoms with van der Waals surface area (Å²) in [6, 6.07) is -0.587. The fourth-order valence-electron chi connectivity index (χ4n) is 1.01. The lowest BCUT2D eigenvalue weighted by Crippen LogP contribution is -2.39. The van der Waals surface area contributed by atoms with E-state index >= 15 is 0 Å². The number of rotatable bonds is 6. The smallest absolute Gasteiger partial charge is 0.322 e. The maximum atomic E-state index is 11.2. The largest absolute Gasteiger partial charge is 0.481 e. The first-order chi connectivity index (χ1) is 8.06. The van der Waals surface area contributed by atoms with Gasteiger partial charge in [0.2, 0.25) is 5.91 Å². The molecule has 0 fully saturated rings. The van der Waals surface area contributed by atoms with Gasteiger partial charge in [0.25, 0.3) is 0 Å². The maximum Gasteiger partial charge on any atom is 0.322 e. The molecule has 3 amide bonds. The molecule has 0 saturated heterocycles. The lowest BCUT2D eigenvalue weighted by atomic mass is 10.2. The Morgan fingerprint density at radius 3 is 2.41 bits per heavy atom. The van der Waals surface area contributed by atoms with Crippen LogP contribution in [0.5, 0.6) is 0 Å². The summed E-state index contributed by atoms with van der Waals surface area (Å²) < 4.78 is 0. The third-order valence-electron chi connectivity index (χ3n) is 1.81. The van der Waals surface area contributed by atoms with Gasteiger partial charge < -0.3 is 10.4 Å². The minimum atomic E-state index is -0.888. The van der Waals surface area contributed by atoms with Gasteiger partial charge in [-0.3, -0.25) is 14.9 Å². The summed E-state index contributed by atoms with van der Waals surface area (Å²) in [6.07, 6.45) is 1.04. The van der Waals surface area contributed by atoms with Gasteiger partial charge in [-0.2, -0.15) is 0 Å². The van der Waals surface area contributed by atoms with Crippen molar-refractivity contribution in [3.05, 3.63) is 0 Å². The topological polar surface area (TPSA) is 95.5 Å². The zero-order chi connectivity index (χ0) is 13.1. The number of hydrogen-bond donors (Lipinski definition) is 3. The van der Waals surface area contributed by atoms with Gasteiger partial charge >= 0.3 is 12.0 Å². The molecule has 94 valence electrons. The van der Waals surface area contributed by atoms with Crippen molar-refractivity contribution in [2.24, 2.45) is 0 Å². The lowest BCUT2D eigenvalue weighted by molar-refractivity contribution is -0.137. The minimum absolute atomic E-state index is 0.0333. The van der Waals surface area contributed by atoms with Gasteiger partial charge in [-0.1, -0.05) is 5.92 Å². The Balaban J connectivity index is 3.59. The van der Waals surface area contributed by atoms with Crippen LogP contribution in [0, 0.1) is 11.8 Å². The molecule has 0 rings (SSSR count). The quantitative estimate of drug-likeness (QED) is 0.465. The molecule has 17 heavy (non-hydrogen) atoms. The zero-order valence-corrected chi connectivity index (χ0v) is 9.71. The molecule has 6 heteroatoms. The van der Waals surface area contributed by atoms with Gasteiger partial charge in [-0.25, -0.2) is 4.79 Å². The van der Waals surface area contributed by atoms with Crippen molar-refractivity contribution in [1.29, 1.82) is 0 Å². The number of urea groups is 1. The maximum absolute atomic E-state index is 11.2. The van der Waals surface area contributed by atoms with E-state index in [1.54, 1.807) is 6.92 Å². The van der Waals surface area contributed by atoms with Crippen LogP contribution in [0.15, 0.2) is 0 Å². The number of amides is 3. The number of aliphatic carboxylic acids is 1. The highest BCUT2D eigenvalue weighted by Crippen LogP contribution is 1.99. The average molecular weight is 240 g/mol. The molecular formula is C11H16N2O4. The van der Waals surface area contributed by atoms with Crippen LogP contribution >= 0.6 is 0 Å². The fraction of sp³-hybridized carbons (Fsp3) is 0.545. The Labute approximate surface area is 99.8 Å². The third kappa shape index (κ3) is 10.3. The summed E-state index contributed by atoms with van der Waals surface area (Å²) in [6.45, 7) is 1.84. The molecule has 0 heterocycles. The lowest BCUT2D eigenvalue weighted by Gasteiger charge is -2.03. The van der Waals surface area contributed by atoms with Gasteiger partial charge in [-0.15, -0.1) is 5.92 Å². The van der Waals surface area contributed by atoms with Crippen molar-refractivity contribution >= 4 is 17.9 Å². The molecular weight excluding hydrogens is 224 g/mol. The van der Waals surface area contributed by atoms with E-state index in [4.69, 9.17) is 5.11 Å². The second-order valence-corrected chi connectivity index (χ2v) is 3.26. The van der Waals surface area contributed by atoms with Crippen LogP contribution in [0.4, 0.5) is 4.79 Å². The van der Waals surface area contributed by atoms with Gasteiger partial charge in [0.05, 0.1) is 6.54 Å². The van der Waals surface area contributed by atoms with Gasteiger partial charge in [0.15, 0.2) is 0 Å². The monoisotopic (exact) mass is 240 g/mol. The van der Waals surface area contributed by atoms with Crippen molar-refractivity contribution < 1.29 is 19.5 Å². The third-order valence-corrected chi connectivity index (χ3v) is 1.81. The molecule has 0 aromatic heterocycles. The molecule has 0 aliphatic carbocycles. The van der Waals surface area contributed by atoms with Crippen molar-refractivity contribution in [3.63, 3.8) is 0 Å². The molecule has 0 bridgehead atoms. The zero-order valence-electron chi connectivity index (χ0n) is 9.71. The normalized spacial score (nSPS) is 8.76.